The molecule has 0 radical (unpaired) electrons. The van der Waals surface area contributed by atoms with Crippen molar-refractivity contribution in [1.82, 2.24) is 9.97 Å². The maximum absolute atomic E-state index is 13.0. The molecule has 0 spiro atoms. The number of hydrogen-bond acceptors (Lipinski definition) is 4. The highest BCUT2D eigenvalue weighted by molar-refractivity contribution is 5.90. The van der Waals surface area contributed by atoms with Gasteiger partial charge in [-0.05, 0) is 42.7 Å². The van der Waals surface area contributed by atoms with E-state index in [1.165, 1.54) is 12.2 Å². The van der Waals surface area contributed by atoms with Crippen LogP contribution < -0.4 is 10.5 Å². The van der Waals surface area contributed by atoms with Crippen LogP contribution in [0.3, 0.4) is 0 Å². The first-order valence-electron chi connectivity index (χ1n) is 7.53. The Morgan fingerprint density at radius 1 is 1.20 bits per heavy atom. The fourth-order valence-corrected chi connectivity index (χ4v) is 2.15. The molecule has 130 valence electrons. The van der Waals surface area contributed by atoms with Crippen molar-refractivity contribution in [2.75, 3.05) is 0 Å². The van der Waals surface area contributed by atoms with Gasteiger partial charge in [-0.3, -0.25) is 4.79 Å². The quantitative estimate of drug-likeness (QED) is 0.836. The second kappa shape index (κ2) is 6.54. The maximum Gasteiger partial charge on any atom is 0.433 e. The minimum Gasteiger partial charge on any atom is -0.424 e. The molecular formula is C17H14F3N3O2. The Kier molecular flexibility index (Phi) is 4.43. The molecule has 0 saturated heterocycles. The van der Waals surface area contributed by atoms with Gasteiger partial charge in [0.2, 0.25) is 5.91 Å². The van der Waals surface area contributed by atoms with Crippen molar-refractivity contribution in [1.29, 1.82) is 0 Å². The molecular weight excluding hydrogens is 335 g/mol. The molecule has 0 aliphatic heterocycles. The second-order valence-electron chi connectivity index (χ2n) is 5.64. The van der Waals surface area contributed by atoms with Gasteiger partial charge < -0.3 is 10.5 Å². The third-order valence-corrected chi connectivity index (χ3v) is 3.54. The highest BCUT2D eigenvalue weighted by Crippen LogP contribution is 2.41. The van der Waals surface area contributed by atoms with Crippen molar-refractivity contribution in [2.45, 2.75) is 24.9 Å². The summed E-state index contributed by atoms with van der Waals surface area (Å²) < 4.78 is 44.3. The average molecular weight is 349 g/mol. The molecule has 1 aromatic carbocycles. The molecule has 1 aliphatic rings. The van der Waals surface area contributed by atoms with Crippen LogP contribution in [0.1, 0.15) is 35.7 Å². The highest BCUT2D eigenvalue weighted by Gasteiger charge is 2.36. The summed E-state index contributed by atoms with van der Waals surface area (Å²) >= 11 is 0. The molecule has 0 bridgehead atoms. The van der Waals surface area contributed by atoms with E-state index in [9.17, 15) is 18.0 Å². The lowest BCUT2D eigenvalue weighted by atomic mass is 10.2. The Balaban J connectivity index is 1.82. The van der Waals surface area contributed by atoms with Gasteiger partial charge in [0.05, 0.1) is 5.69 Å². The first-order chi connectivity index (χ1) is 11.8. The van der Waals surface area contributed by atoms with Crippen LogP contribution in [0.25, 0.3) is 6.08 Å². The maximum atomic E-state index is 13.0. The molecule has 2 N–H and O–H groups in total. The summed E-state index contributed by atoms with van der Waals surface area (Å²) in [5.74, 6) is -0.254. The zero-order chi connectivity index (χ0) is 18.0. The zero-order valence-corrected chi connectivity index (χ0v) is 13.0. The van der Waals surface area contributed by atoms with Crippen LogP contribution >= 0.6 is 0 Å². The number of nitrogens with zero attached hydrogens (tertiary/aromatic N) is 2. The summed E-state index contributed by atoms with van der Waals surface area (Å²) in [7, 11) is 0. The van der Waals surface area contributed by atoms with E-state index < -0.39 is 17.8 Å². The topological polar surface area (TPSA) is 78.1 Å². The number of amides is 1. The van der Waals surface area contributed by atoms with Gasteiger partial charge >= 0.3 is 12.2 Å². The molecule has 1 aromatic heterocycles. The number of carbonyl (C=O) groups is 1. The standard InChI is InChI=1S/C17H14F3N3O2/c18-17(19,20)14-9-13(11-4-5-11)22-16(23-14)25-12-6-1-10(2-7-12)3-8-15(21)24/h1-3,6-9,11H,4-5H2,(H2,21,24)/b8-3-. The van der Waals surface area contributed by atoms with Crippen molar-refractivity contribution in [3.63, 3.8) is 0 Å². The Bertz CT molecular complexity index is 813. The molecule has 25 heavy (non-hydrogen) atoms. The Morgan fingerprint density at radius 2 is 1.88 bits per heavy atom. The lowest BCUT2D eigenvalue weighted by Gasteiger charge is -2.10. The largest absolute Gasteiger partial charge is 0.433 e. The van der Waals surface area contributed by atoms with Crippen molar-refractivity contribution in [3.05, 3.63) is 53.4 Å². The number of benzene rings is 1. The smallest absolute Gasteiger partial charge is 0.424 e. The predicted molar refractivity (Wildman–Crippen MR) is 83.8 cm³/mol. The number of alkyl halides is 3. The van der Waals surface area contributed by atoms with Gasteiger partial charge in [-0.15, -0.1) is 0 Å². The van der Waals surface area contributed by atoms with Gasteiger partial charge in [-0.1, -0.05) is 12.1 Å². The summed E-state index contributed by atoms with van der Waals surface area (Å²) in [6.07, 6.45) is -0.219. The van der Waals surface area contributed by atoms with E-state index >= 15 is 0 Å². The number of primary amides is 1. The van der Waals surface area contributed by atoms with Crippen LogP contribution in [0.15, 0.2) is 36.4 Å². The number of hydrogen-bond donors (Lipinski definition) is 1. The fraction of sp³-hybridized carbons (Fsp3) is 0.235. The van der Waals surface area contributed by atoms with Crippen molar-refractivity contribution in [2.24, 2.45) is 5.73 Å². The molecule has 2 aromatic rings. The van der Waals surface area contributed by atoms with Gasteiger partial charge in [-0.25, -0.2) is 0 Å². The van der Waals surface area contributed by atoms with Crippen LogP contribution in [0.4, 0.5) is 13.2 Å². The van der Waals surface area contributed by atoms with Crippen LogP contribution in [-0.2, 0) is 11.0 Å². The molecule has 8 heteroatoms. The first-order valence-corrected chi connectivity index (χ1v) is 7.53. The van der Waals surface area contributed by atoms with Gasteiger partial charge in [0.15, 0.2) is 5.69 Å². The summed E-state index contributed by atoms with van der Waals surface area (Å²) in [5, 5.41) is 0. The molecule has 1 fully saturated rings. The minimum absolute atomic E-state index is 0.0350. The fourth-order valence-electron chi connectivity index (χ4n) is 2.15. The number of carbonyl (C=O) groups excluding carboxylic acids is 1. The van der Waals surface area contributed by atoms with E-state index in [1.807, 2.05) is 0 Å². The summed E-state index contributed by atoms with van der Waals surface area (Å²) in [5.41, 5.74) is 5.03. The van der Waals surface area contributed by atoms with E-state index in [4.69, 9.17) is 10.5 Å². The van der Waals surface area contributed by atoms with E-state index in [0.717, 1.165) is 18.9 Å². The van der Waals surface area contributed by atoms with Gasteiger partial charge in [0, 0.05) is 12.0 Å². The molecule has 1 aliphatic carbocycles. The van der Waals surface area contributed by atoms with Crippen molar-refractivity contribution in [3.8, 4) is 11.8 Å². The van der Waals surface area contributed by atoms with E-state index in [2.05, 4.69) is 9.97 Å². The lowest BCUT2D eigenvalue weighted by molar-refractivity contribution is -0.141. The highest BCUT2D eigenvalue weighted by atomic mass is 19.4. The van der Waals surface area contributed by atoms with Crippen LogP contribution in [-0.4, -0.2) is 15.9 Å². The molecule has 1 amide bonds. The number of rotatable bonds is 5. The number of aromatic nitrogens is 2. The van der Waals surface area contributed by atoms with Crippen molar-refractivity contribution >= 4 is 12.0 Å². The molecule has 1 heterocycles. The SMILES string of the molecule is NC(=O)/C=C\c1ccc(Oc2nc(C3CC3)cc(C(F)(F)F)n2)cc1. The molecule has 1 saturated carbocycles. The number of nitrogens with two attached hydrogens (primary N) is 1. The first kappa shape index (κ1) is 16.9. The van der Waals surface area contributed by atoms with Crippen LogP contribution in [0.5, 0.6) is 11.8 Å². The second-order valence-corrected chi connectivity index (χ2v) is 5.64. The van der Waals surface area contributed by atoms with E-state index in [1.54, 1.807) is 24.3 Å². The Morgan fingerprint density at radius 3 is 2.44 bits per heavy atom. The van der Waals surface area contributed by atoms with Crippen LogP contribution in [0, 0.1) is 0 Å². The number of halogens is 3. The lowest BCUT2D eigenvalue weighted by Crippen LogP contribution is -2.11. The summed E-state index contributed by atoms with van der Waals surface area (Å²) in [6.45, 7) is 0. The Labute approximate surface area is 141 Å². The molecule has 0 atom stereocenters. The minimum atomic E-state index is -4.56. The monoisotopic (exact) mass is 349 g/mol. The van der Waals surface area contributed by atoms with E-state index in [0.29, 0.717) is 11.3 Å². The molecule has 5 nitrogen and oxygen atoms in total. The van der Waals surface area contributed by atoms with Crippen molar-refractivity contribution < 1.29 is 22.7 Å². The van der Waals surface area contributed by atoms with E-state index in [-0.39, 0.29) is 17.7 Å². The summed E-state index contributed by atoms with van der Waals surface area (Å²) in [4.78, 5) is 18.2. The third-order valence-electron chi connectivity index (χ3n) is 3.54. The average Bonchev–Trinajstić information content (AvgIpc) is 3.38. The predicted octanol–water partition coefficient (Wildman–Crippen LogP) is 3.66. The van der Waals surface area contributed by atoms with Gasteiger partial charge in [-0.2, -0.15) is 23.1 Å². The Hall–Kier alpha value is -2.90. The summed E-state index contributed by atoms with van der Waals surface area (Å²) in [6, 6.07) is 6.98. The van der Waals surface area contributed by atoms with Gasteiger partial charge in [0.1, 0.15) is 5.75 Å². The molecule has 0 unspecified atom stereocenters. The molecule has 3 rings (SSSR count). The normalized spacial score (nSPS) is 14.7. The zero-order valence-electron chi connectivity index (χ0n) is 13.0. The van der Waals surface area contributed by atoms with Gasteiger partial charge in [0.25, 0.3) is 0 Å². The number of ether oxygens (including phenoxy) is 1. The van der Waals surface area contributed by atoms with Crippen LogP contribution in [0.2, 0.25) is 0 Å². The third kappa shape index (κ3) is 4.56.